The maximum Gasteiger partial charge on any atom is 0.326 e. The molecule has 0 aromatic heterocycles. The van der Waals surface area contributed by atoms with E-state index < -0.39 is 23.9 Å². The molecular weight excluding hydrogens is 238 g/mol. The summed E-state index contributed by atoms with van der Waals surface area (Å²) in [4.78, 5) is 33.0. The summed E-state index contributed by atoms with van der Waals surface area (Å²) in [6.07, 6.45) is 4.68. The number of aliphatic carboxylic acids is 1. The number of carboxylic acid groups (broad SMARTS) is 1. The van der Waals surface area contributed by atoms with Crippen molar-refractivity contribution in [1.82, 2.24) is 10.6 Å². The van der Waals surface area contributed by atoms with Crippen LogP contribution in [-0.4, -0.2) is 35.6 Å². The first kappa shape index (κ1) is 14.3. The van der Waals surface area contributed by atoms with Crippen molar-refractivity contribution in [1.29, 1.82) is 0 Å². The van der Waals surface area contributed by atoms with Crippen molar-refractivity contribution >= 4 is 17.9 Å². The second-order valence-corrected chi connectivity index (χ2v) is 4.51. The van der Waals surface area contributed by atoms with E-state index in [1.807, 2.05) is 0 Å². The zero-order valence-electron chi connectivity index (χ0n) is 10.1. The molecule has 1 fully saturated rings. The third-order valence-electron chi connectivity index (χ3n) is 3.10. The third kappa shape index (κ3) is 4.60. The third-order valence-corrected chi connectivity index (χ3v) is 3.10. The monoisotopic (exact) mass is 257 g/mol. The highest BCUT2D eigenvalue weighted by Crippen LogP contribution is 2.26. The van der Waals surface area contributed by atoms with Gasteiger partial charge in [0.05, 0.1) is 6.54 Å². The molecule has 3 amide bonds. The number of amides is 3. The molecule has 1 aliphatic carbocycles. The molecular formula is C11H19N3O4. The quantitative estimate of drug-likeness (QED) is 0.545. The number of primary amides is 1. The number of carboxylic acids is 1. The van der Waals surface area contributed by atoms with Crippen molar-refractivity contribution in [3.63, 3.8) is 0 Å². The Bertz CT molecular complexity index is 326. The van der Waals surface area contributed by atoms with Gasteiger partial charge in [0.1, 0.15) is 6.04 Å². The predicted octanol–water partition coefficient (Wildman–Crippen LogP) is -0.196. The first-order valence-corrected chi connectivity index (χ1v) is 6.06. The largest absolute Gasteiger partial charge is 0.480 e. The Balaban J connectivity index is 2.48. The highest BCUT2D eigenvalue weighted by Gasteiger charge is 2.30. The SMILES string of the molecule is NC(=O)CNC(=O)NC(C(=O)O)C1CCCCC1. The van der Waals surface area contributed by atoms with Crippen LogP contribution < -0.4 is 16.4 Å². The average molecular weight is 257 g/mol. The van der Waals surface area contributed by atoms with E-state index in [-0.39, 0.29) is 12.5 Å². The number of carbonyl (C=O) groups excluding carboxylic acids is 2. The Labute approximate surface area is 105 Å². The number of nitrogens with one attached hydrogen (secondary N) is 2. The van der Waals surface area contributed by atoms with E-state index in [1.54, 1.807) is 0 Å². The van der Waals surface area contributed by atoms with Gasteiger partial charge in [0.2, 0.25) is 5.91 Å². The lowest BCUT2D eigenvalue weighted by molar-refractivity contribution is -0.141. The van der Waals surface area contributed by atoms with E-state index in [0.717, 1.165) is 32.1 Å². The van der Waals surface area contributed by atoms with E-state index >= 15 is 0 Å². The smallest absolute Gasteiger partial charge is 0.326 e. The van der Waals surface area contributed by atoms with Gasteiger partial charge in [-0.15, -0.1) is 0 Å². The van der Waals surface area contributed by atoms with Crippen LogP contribution in [0.3, 0.4) is 0 Å². The zero-order valence-corrected chi connectivity index (χ0v) is 10.1. The van der Waals surface area contributed by atoms with Crippen LogP contribution in [0, 0.1) is 5.92 Å². The van der Waals surface area contributed by atoms with Crippen molar-refractivity contribution in [3.05, 3.63) is 0 Å². The fraction of sp³-hybridized carbons (Fsp3) is 0.727. The summed E-state index contributed by atoms with van der Waals surface area (Å²) in [5.74, 6) is -1.76. The molecule has 1 saturated carbocycles. The molecule has 5 N–H and O–H groups in total. The van der Waals surface area contributed by atoms with Gasteiger partial charge in [-0.05, 0) is 18.8 Å². The molecule has 0 spiro atoms. The van der Waals surface area contributed by atoms with Gasteiger partial charge < -0.3 is 21.5 Å². The Morgan fingerprint density at radius 3 is 2.33 bits per heavy atom. The molecule has 0 heterocycles. The lowest BCUT2D eigenvalue weighted by atomic mass is 9.84. The Morgan fingerprint density at radius 1 is 1.22 bits per heavy atom. The summed E-state index contributed by atoms with van der Waals surface area (Å²) in [6, 6.07) is -1.58. The number of hydrogen-bond acceptors (Lipinski definition) is 3. The van der Waals surface area contributed by atoms with Crippen LogP contribution in [0.15, 0.2) is 0 Å². The van der Waals surface area contributed by atoms with Gasteiger partial charge in [-0.3, -0.25) is 4.79 Å². The number of carbonyl (C=O) groups is 3. The summed E-state index contributed by atoms with van der Waals surface area (Å²) < 4.78 is 0. The van der Waals surface area contributed by atoms with E-state index in [9.17, 15) is 14.4 Å². The molecule has 1 unspecified atom stereocenters. The van der Waals surface area contributed by atoms with E-state index in [2.05, 4.69) is 10.6 Å². The molecule has 0 radical (unpaired) electrons. The molecule has 1 rings (SSSR count). The van der Waals surface area contributed by atoms with Crippen LogP contribution in [0.2, 0.25) is 0 Å². The highest BCUT2D eigenvalue weighted by molar-refractivity contribution is 5.86. The molecule has 0 bridgehead atoms. The second kappa shape index (κ2) is 6.83. The Kier molecular flexibility index (Phi) is 5.41. The minimum Gasteiger partial charge on any atom is -0.480 e. The molecule has 7 nitrogen and oxygen atoms in total. The van der Waals surface area contributed by atoms with Crippen LogP contribution in [0.25, 0.3) is 0 Å². The number of urea groups is 1. The molecule has 7 heteroatoms. The van der Waals surface area contributed by atoms with Gasteiger partial charge in [0, 0.05) is 0 Å². The summed E-state index contributed by atoms with van der Waals surface area (Å²) in [7, 11) is 0. The summed E-state index contributed by atoms with van der Waals surface area (Å²) in [5.41, 5.74) is 4.88. The number of rotatable bonds is 5. The normalized spacial score (nSPS) is 17.8. The maximum atomic E-state index is 11.4. The van der Waals surface area contributed by atoms with Crippen molar-refractivity contribution in [2.24, 2.45) is 11.7 Å². The zero-order chi connectivity index (χ0) is 13.5. The number of nitrogens with two attached hydrogens (primary N) is 1. The van der Waals surface area contributed by atoms with Crippen molar-refractivity contribution in [2.45, 2.75) is 38.1 Å². The Hall–Kier alpha value is -1.79. The minimum atomic E-state index is -1.05. The molecule has 0 saturated heterocycles. The fourth-order valence-electron chi connectivity index (χ4n) is 2.21. The molecule has 0 aromatic carbocycles. The first-order valence-electron chi connectivity index (χ1n) is 6.06. The average Bonchev–Trinajstić information content (AvgIpc) is 2.34. The van der Waals surface area contributed by atoms with Crippen molar-refractivity contribution in [3.8, 4) is 0 Å². The van der Waals surface area contributed by atoms with E-state index in [4.69, 9.17) is 10.8 Å². The van der Waals surface area contributed by atoms with Crippen LogP contribution in [0.1, 0.15) is 32.1 Å². The molecule has 18 heavy (non-hydrogen) atoms. The fourth-order valence-corrected chi connectivity index (χ4v) is 2.21. The van der Waals surface area contributed by atoms with Gasteiger partial charge >= 0.3 is 12.0 Å². The van der Waals surface area contributed by atoms with Crippen molar-refractivity contribution < 1.29 is 19.5 Å². The minimum absolute atomic E-state index is 0.0458. The van der Waals surface area contributed by atoms with E-state index in [0.29, 0.717) is 0 Å². The van der Waals surface area contributed by atoms with Crippen LogP contribution >= 0.6 is 0 Å². The highest BCUT2D eigenvalue weighted by atomic mass is 16.4. The lowest BCUT2D eigenvalue weighted by Crippen LogP contribution is -2.51. The van der Waals surface area contributed by atoms with Gasteiger partial charge in [-0.2, -0.15) is 0 Å². The predicted molar refractivity (Wildman–Crippen MR) is 63.7 cm³/mol. The van der Waals surface area contributed by atoms with Crippen LogP contribution in [0.5, 0.6) is 0 Å². The molecule has 1 atom stereocenters. The molecule has 102 valence electrons. The molecule has 0 aromatic rings. The molecule has 0 aliphatic heterocycles. The standard InChI is InChI=1S/C11H19N3O4/c12-8(15)6-13-11(18)14-9(10(16)17)7-4-2-1-3-5-7/h7,9H,1-6H2,(H2,12,15)(H,16,17)(H2,13,14,18). The molecule has 1 aliphatic rings. The topological polar surface area (TPSA) is 122 Å². The van der Waals surface area contributed by atoms with Gasteiger partial charge in [0.15, 0.2) is 0 Å². The van der Waals surface area contributed by atoms with Crippen LogP contribution in [-0.2, 0) is 9.59 Å². The van der Waals surface area contributed by atoms with Crippen LogP contribution in [0.4, 0.5) is 4.79 Å². The number of hydrogen-bond donors (Lipinski definition) is 4. The first-order chi connectivity index (χ1) is 8.50. The van der Waals surface area contributed by atoms with E-state index in [1.165, 1.54) is 0 Å². The maximum absolute atomic E-state index is 11.4. The second-order valence-electron chi connectivity index (χ2n) is 4.51. The summed E-state index contributed by atoms with van der Waals surface area (Å²) in [6.45, 7) is -0.303. The summed E-state index contributed by atoms with van der Waals surface area (Å²) in [5, 5.41) is 13.7. The summed E-state index contributed by atoms with van der Waals surface area (Å²) >= 11 is 0. The van der Waals surface area contributed by atoms with Gasteiger partial charge in [-0.25, -0.2) is 9.59 Å². The van der Waals surface area contributed by atoms with Gasteiger partial charge in [-0.1, -0.05) is 19.3 Å². The van der Waals surface area contributed by atoms with Crippen molar-refractivity contribution in [2.75, 3.05) is 6.54 Å². The van der Waals surface area contributed by atoms with Gasteiger partial charge in [0.25, 0.3) is 0 Å². The lowest BCUT2D eigenvalue weighted by Gasteiger charge is -2.27. The Morgan fingerprint density at radius 2 is 1.83 bits per heavy atom.